The van der Waals surface area contributed by atoms with Gasteiger partial charge in [0.15, 0.2) is 5.70 Å². The highest BCUT2D eigenvalue weighted by atomic mass is 16.5. The third kappa shape index (κ3) is 4.15. The van der Waals surface area contributed by atoms with Crippen LogP contribution in [0.1, 0.15) is 6.92 Å². The maximum Gasteiger partial charge on any atom is 0.412 e. The van der Waals surface area contributed by atoms with Crippen LogP contribution in [0.15, 0.2) is 24.1 Å². The number of amides is 1. The fourth-order valence-corrected chi connectivity index (χ4v) is 0.571. The van der Waals surface area contributed by atoms with Crippen molar-refractivity contribution in [2.45, 2.75) is 6.92 Å². The van der Waals surface area contributed by atoms with Gasteiger partial charge in [0.25, 0.3) is 0 Å². The molecule has 0 aromatic carbocycles. The van der Waals surface area contributed by atoms with Crippen molar-refractivity contribution in [3.8, 4) is 0 Å². The maximum atomic E-state index is 10.8. The van der Waals surface area contributed by atoms with Crippen LogP contribution >= 0.6 is 0 Å². The average molecular weight is 201 g/mol. The summed E-state index contributed by atoms with van der Waals surface area (Å²) in [6.45, 7) is 4.40. The minimum atomic E-state index is -1.44. The van der Waals surface area contributed by atoms with E-state index < -0.39 is 23.5 Å². The number of carbonyl (C=O) groups excluding carboxylic acids is 1. The number of alkyl carbamates (subject to hydrolysis) is 1. The van der Waals surface area contributed by atoms with Crippen LogP contribution in [0.4, 0.5) is 4.79 Å². The molecule has 0 radical (unpaired) electrons. The normalized spacial score (nSPS) is 11.2. The van der Waals surface area contributed by atoms with E-state index in [0.29, 0.717) is 0 Å². The van der Waals surface area contributed by atoms with E-state index in [1.165, 1.54) is 6.08 Å². The van der Waals surface area contributed by atoms with Crippen molar-refractivity contribution in [2.24, 2.45) is 0 Å². The second-order valence-corrected chi connectivity index (χ2v) is 2.28. The van der Waals surface area contributed by atoms with Crippen LogP contribution in [0, 0.1) is 0 Å². The Morgan fingerprint density at radius 2 is 2.07 bits per heavy atom. The molecule has 1 amide bonds. The lowest BCUT2D eigenvalue weighted by Crippen LogP contribution is -2.29. The number of nitrogens with one attached hydrogen (secondary N) is 1. The number of rotatable bonds is 4. The first-order chi connectivity index (χ1) is 6.49. The summed E-state index contributed by atoms with van der Waals surface area (Å²) in [5, 5.41) is 19.2. The number of carboxylic acids is 1. The monoisotopic (exact) mass is 201 g/mol. The van der Waals surface area contributed by atoms with Crippen molar-refractivity contribution in [3.63, 3.8) is 0 Å². The molecule has 0 saturated heterocycles. The van der Waals surface area contributed by atoms with Crippen molar-refractivity contribution in [2.75, 3.05) is 6.61 Å². The van der Waals surface area contributed by atoms with Gasteiger partial charge in [-0.15, -0.1) is 0 Å². The van der Waals surface area contributed by atoms with E-state index in [1.54, 1.807) is 0 Å². The first kappa shape index (κ1) is 12.0. The Hall–Kier alpha value is -1.98. The van der Waals surface area contributed by atoms with Crippen molar-refractivity contribution in [1.29, 1.82) is 0 Å². The van der Waals surface area contributed by atoms with Crippen LogP contribution in [0.5, 0.6) is 0 Å². The Labute approximate surface area is 80.5 Å². The third-order valence-corrected chi connectivity index (χ3v) is 1.14. The molecule has 0 spiro atoms. The Morgan fingerprint density at radius 3 is 2.43 bits per heavy atom. The number of aliphatic carboxylic acids is 1. The summed E-state index contributed by atoms with van der Waals surface area (Å²) in [4.78, 5) is 21.3. The van der Waals surface area contributed by atoms with Gasteiger partial charge in [0.1, 0.15) is 12.4 Å². The molecular weight excluding hydrogens is 190 g/mol. The minimum absolute atomic E-state index is 0.0385. The zero-order chi connectivity index (χ0) is 11.1. The molecule has 78 valence electrons. The lowest BCUT2D eigenvalue weighted by atomic mass is 10.4. The zero-order valence-electron chi connectivity index (χ0n) is 7.61. The SMILES string of the molecule is C=CCOC(=O)N/C(C(=O)O)=C(/C)O. The molecule has 14 heavy (non-hydrogen) atoms. The third-order valence-electron chi connectivity index (χ3n) is 1.14. The van der Waals surface area contributed by atoms with Gasteiger partial charge in [-0.3, -0.25) is 5.32 Å². The lowest BCUT2D eigenvalue weighted by molar-refractivity contribution is -0.133. The van der Waals surface area contributed by atoms with E-state index in [0.717, 1.165) is 6.92 Å². The number of ether oxygens (including phenoxy) is 1. The average Bonchev–Trinajstić information content (AvgIpc) is 2.09. The Balaban J connectivity index is 4.33. The lowest BCUT2D eigenvalue weighted by Gasteiger charge is -2.06. The molecule has 6 nitrogen and oxygen atoms in total. The predicted molar refractivity (Wildman–Crippen MR) is 47.6 cm³/mol. The maximum absolute atomic E-state index is 10.8. The van der Waals surface area contributed by atoms with Crippen LogP contribution in [0.2, 0.25) is 0 Å². The van der Waals surface area contributed by atoms with Crippen LogP contribution < -0.4 is 5.32 Å². The molecule has 3 N–H and O–H groups in total. The molecular formula is C8H11NO5. The first-order valence-electron chi connectivity index (χ1n) is 3.66. The number of hydrogen-bond acceptors (Lipinski definition) is 4. The molecule has 0 rings (SSSR count). The van der Waals surface area contributed by atoms with Gasteiger partial charge in [0.05, 0.1) is 0 Å². The van der Waals surface area contributed by atoms with Gasteiger partial charge in [0.2, 0.25) is 0 Å². The van der Waals surface area contributed by atoms with Crippen LogP contribution in [0.25, 0.3) is 0 Å². The van der Waals surface area contributed by atoms with E-state index in [2.05, 4.69) is 11.3 Å². The number of aliphatic hydroxyl groups is 1. The molecule has 0 atom stereocenters. The molecule has 0 unspecified atom stereocenters. The van der Waals surface area contributed by atoms with E-state index >= 15 is 0 Å². The minimum Gasteiger partial charge on any atom is -0.510 e. The van der Waals surface area contributed by atoms with Crippen molar-refractivity contribution < 1.29 is 24.5 Å². The Bertz CT molecular complexity index is 277. The highest BCUT2D eigenvalue weighted by molar-refractivity contribution is 5.91. The fraction of sp³-hybridized carbons (Fsp3) is 0.250. The van der Waals surface area contributed by atoms with Gasteiger partial charge in [-0.25, -0.2) is 9.59 Å². The van der Waals surface area contributed by atoms with Crippen molar-refractivity contribution >= 4 is 12.1 Å². The molecule has 0 heterocycles. The van der Waals surface area contributed by atoms with Crippen molar-refractivity contribution in [1.82, 2.24) is 5.32 Å². The second-order valence-electron chi connectivity index (χ2n) is 2.28. The quantitative estimate of drug-likeness (QED) is 0.354. The van der Waals surface area contributed by atoms with Crippen LogP contribution in [-0.2, 0) is 9.53 Å². The molecule has 0 aliphatic heterocycles. The molecule has 0 bridgehead atoms. The van der Waals surface area contributed by atoms with E-state index in [9.17, 15) is 9.59 Å². The molecule has 0 aliphatic rings. The smallest absolute Gasteiger partial charge is 0.412 e. The number of aliphatic hydroxyl groups excluding tert-OH is 1. The summed E-state index contributed by atoms with van der Waals surface area (Å²) in [6.07, 6.45) is 0.367. The topological polar surface area (TPSA) is 95.9 Å². The number of carboxylic acid groups (broad SMARTS) is 1. The van der Waals surface area contributed by atoms with Gasteiger partial charge < -0.3 is 14.9 Å². The number of allylic oxidation sites excluding steroid dienone is 1. The first-order valence-corrected chi connectivity index (χ1v) is 3.66. The van der Waals surface area contributed by atoms with E-state index in [1.807, 2.05) is 5.32 Å². The molecule has 0 aromatic heterocycles. The predicted octanol–water partition coefficient (Wildman–Crippen LogP) is 0.773. The molecule has 6 heteroatoms. The van der Waals surface area contributed by atoms with Gasteiger partial charge >= 0.3 is 12.1 Å². The molecule has 0 aromatic rings. The van der Waals surface area contributed by atoms with Gasteiger partial charge in [-0.05, 0) is 6.92 Å². The van der Waals surface area contributed by atoms with Gasteiger partial charge in [0, 0.05) is 0 Å². The second kappa shape index (κ2) is 5.63. The highest BCUT2D eigenvalue weighted by Crippen LogP contribution is 1.97. The van der Waals surface area contributed by atoms with Crippen LogP contribution in [0.3, 0.4) is 0 Å². The molecule has 0 saturated carbocycles. The summed E-state index contributed by atoms with van der Waals surface area (Å²) < 4.78 is 4.45. The number of carbonyl (C=O) groups is 2. The standard InChI is InChI=1S/C8H11NO5/c1-3-4-14-8(13)9-6(5(2)10)7(11)12/h3,10H,1,4H2,2H3,(H,9,13)(H,11,12)/b6-5-. The highest BCUT2D eigenvalue weighted by Gasteiger charge is 2.15. The summed E-state index contributed by atoms with van der Waals surface area (Å²) in [5.74, 6) is -1.95. The summed E-state index contributed by atoms with van der Waals surface area (Å²) >= 11 is 0. The Morgan fingerprint density at radius 1 is 1.50 bits per heavy atom. The Kier molecular flexibility index (Phi) is 4.83. The summed E-state index contributed by atoms with van der Waals surface area (Å²) in [5.41, 5.74) is -0.612. The van der Waals surface area contributed by atoms with E-state index in [-0.39, 0.29) is 6.61 Å². The largest absolute Gasteiger partial charge is 0.510 e. The molecule has 0 fully saturated rings. The van der Waals surface area contributed by atoms with Crippen LogP contribution in [-0.4, -0.2) is 28.9 Å². The molecule has 0 aliphatic carbocycles. The summed E-state index contributed by atoms with van der Waals surface area (Å²) in [7, 11) is 0. The zero-order valence-corrected chi connectivity index (χ0v) is 7.61. The van der Waals surface area contributed by atoms with Crippen molar-refractivity contribution in [3.05, 3.63) is 24.1 Å². The number of hydrogen-bond donors (Lipinski definition) is 3. The van der Waals surface area contributed by atoms with Gasteiger partial charge in [-0.1, -0.05) is 12.7 Å². The fourth-order valence-electron chi connectivity index (χ4n) is 0.571. The summed E-state index contributed by atoms with van der Waals surface area (Å²) in [6, 6.07) is 0. The van der Waals surface area contributed by atoms with Gasteiger partial charge in [-0.2, -0.15) is 0 Å². The van der Waals surface area contributed by atoms with E-state index in [4.69, 9.17) is 10.2 Å².